The SMILES string of the molecule is O=C(Nc1cc(C(F)(F)F)cc(C(F)(F)F)c1)N[C@@H]1CCCC[C@H]1NC(=O)[C@@H]1CCCN1. The number of hydrogen-bond acceptors (Lipinski definition) is 3. The van der Waals surface area contributed by atoms with Gasteiger partial charge in [-0.1, -0.05) is 12.8 Å². The predicted molar refractivity (Wildman–Crippen MR) is 104 cm³/mol. The van der Waals surface area contributed by atoms with E-state index in [1.807, 2.05) is 0 Å². The van der Waals surface area contributed by atoms with Crippen molar-refractivity contribution in [2.24, 2.45) is 0 Å². The second kappa shape index (κ2) is 9.55. The van der Waals surface area contributed by atoms with Gasteiger partial charge < -0.3 is 21.3 Å². The lowest BCUT2D eigenvalue weighted by Crippen LogP contribution is -2.56. The molecule has 1 heterocycles. The number of benzene rings is 1. The maximum atomic E-state index is 13.0. The quantitative estimate of drug-likeness (QED) is 0.506. The number of carbonyl (C=O) groups is 2. The molecule has 0 radical (unpaired) electrons. The van der Waals surface area contributed by atoms with Crippen molar-refractivity contribution in [2.45, 2.75) is 69.0 Å². The summed E-state index contributed by atoms with van der Waals surface area (Å²) < 4.78 is 78.0. The molecule has 1 aliphatic heterocycles. The van der Waals surface area contributed by atoms with Crippen molar-refractivity contribution in [1.29, 1.82) is 0 Å². The van der Waals surface area contributed by atoms with Crippen LogP contribution in [0.1, 0.15) is 49.7 Å². The van der Waals surface area contributed by atoms with Crippen molar-refractivity contribution in [3.05, 3.63) is 29.3 Å². The van der Waals surface area contributed by atoms with Gasteiger partial charge in [0.05, 0.1) is 23.2 Å². The van der Waals surface area contributed by atoms with Gasteiger partial charge in [0.25, 0.3) is 0 Å². The minimum absolute atomic E-state index is 0.00710. The zero-order valence-electron chi connectivity index (χ0n) is 17.0. The summed E-state index contributed by atoms with van der Waals surface area (Å²) in [4.78, 5) is 24.8. The number of amides is 3. The molecule has 12 heteroatoms. The number of carbonyl (C=O) groups excluding carboxylic acids is 2. The highest BCUT2D eigenvalue weighted by Gasteiger charge is 2.37. The Bertz CT molecular complexity index is 804. The molecule has 1 saturated carbocycles. The van der Waals surface area contributed by atoms with Gasteiger partial charge in [-0.05, 0) is 50.4 Å². The lowest BCUT2D eigenvalue weighted by molar-refractivity contribution is -0.143. The van der Waals surface area contributed by atoms with Crippen LogP contribution in [0, 0.1) is 0 Å². The molecule has 3 atom stereocenters. The number of anilines is 1. The molecule has 1 aliphatic carbocycles. The van der Waals surface area contributed by atoms with E-state index >= 15 is 0 Å². The number of halogens is 6. The van der Waals surface area contributed by atoms with E-state index in [1.165, 1.54) is 0 Å². The fourth-order valence-electron chi connectivity index (χ4n) is 4.03. The van der Waals surface area contributed by atoms with Crippen LogP contribution in [0.5, 0.6) is 0 Å². The average molecular weight is 466 g/mol. The summed E-state index contributed by atoms with van der Waals surface area (Å²) in [6.45, 7) is 0.740. The van der Waals surface area contributed by atoms with Crippen LogP contribution in [0.15, 0.2) is 18.2 Å². The van der Waals surface area contributed by atoms with Gasteiger partial charge in [-0.15, -0.1) is 0 Å². The van der Waals surface area contributed by atoms with Gasteiger partial charge in [0.1, 0.15) is 0 Å². The predicted octanol–water partition coefficient (Wildman–Crippen LogP) is 4.03. The molecule has 1 aromatic carbocycles. The third kappa shape index (κ3) is 6.27. The van der Waals surface area contributed by atoms with Gasteiger partial charge in [-0.3, -0.25) is 4.79 Å². The van der Waals surface area contributed by atoms with Crippen LogP contribution in [0.25, 0.3) is 0 Å². The minimum atomic E-state index is -5.01. The Balaban J connectivity index is 1.68. The van der Waals surface area contributed by atoms with E-state index < -0.39 is 41.2 Å². The van der Waals surface area contributed by atoms with E-state index in [1.54, 1.807) is 0 Å². The first-order valence-corrected chi connectivity index (χ1v) is 10.3. The number of urea groups is 1. The monoisotopic (exact) mass is 466 g/mol. The fraction of sp³-hybridized carbons (Fsp3) is 0.600. The van der Waals surface area contributed by atoms with Crippen LogP contribution in [0.3, 0.4) is 0 Å². The normalized spacial score (nSPS) is 24.1. The second-order valence-electron chi connectivity index (χ2n) is 8.05. The molecular weight excluding hydrogens is 442 g/mol. The van der Waals surface area contributed by atoms with E-state index in [0.29, 0.717) is 31.4 Å². The first-order chi connectivity index (χ1) is 14.9. The average Bonchev–Trinajstić information content (AvgIpc) is 3.23. The molecule has 0 spiro atoms. The van der Waals surface area contributed by atoms with Crippen LogP contribution in [0.2, 0.25) is 0 Å². The number of rotatable bonds is 4. The van der Waals surface area contributed by atoms with E-state index in [-0.39, 0.29) is 24.1 Å². The smallest absolute Gasteiger partial charge is 0.350 e. The lowest BCUT2D eigenvalue weighted by Gasteiger charge is -2.33. The summed E-state index contributed by atoms with van der Waals surface area (Å²) in [5, 5.41) is 10.6. The van der Waals surface area contributed by atoms with E-state index in [0.717, 1.165) is 25.8 Å². The molecule has 1 aromatic rings. The first kappa shape index (κ1) is 24.1. The maximum Gasteiger partial charge on any atom is 0.416 e. The molecule has 0 aromatic heterocycles. The minimum Gasteiger partial charge on any atom is -0.350 e. The summed E-state index contributed by atoms with van der Waals surface area (Å²) >= 11 is 0. The Morgan fingerprint density at radius 2 is 1.38 bits per heavy atom. The van der Waals surface area contributed by atoms with E-state index in [9.17, 15) is 35.9 Å². The Morgan fingerprint density at radius 3 is 1.88 bits per heavy atom. The lowest BCUT2D eigenvalue weighted by atomic mass is 9.90. The molecule has 3 rings (SSSR count). The molecule has 3 amide bonds. The van der Waals surface area contributed by atoms with E-state index in [2.05, 4.69) is 21.3 Å². The van der Waals surface area contributed by atoms with Crippen LogP contribution in [0.4, 0.5) is 36.8 Å². The van der Waals surface area contributed by atoms with Gasteiger partial charge in [0.2, 0.25) is 5.91 Å². The molecule has 6 nitrogen and oxygen atoms in total. The number of hydrogen-bond donors (Lipinski definition) is 4. The highest BCUT2D eigenvalue weighted by molar-refractivity contribution is 5.90. The van der Waals surface area contributed by atoms with Crippen molar-refractivity contribution in [3.8, 4) is 0 Å². The standard InChI is InChI=1S/C20H24F6N4O2/c21-19(22,23)11-8-12(20(24,25)26)10-13(9-11)28-18(32)30-15-5-2-1-4-14(15)29-17(31)16-6-3-7-27-16/h8-10,14-16,27H,1-7H2,(H,29,31)(H2,28,30,32)/t14-,15-,16+/m1/s1. The molecule has 1 saturated heterocycles. The molecule has 178 valence electrons. The summed E-state index contributed by atoms with van der Waals surface area (Å²) in [6, 6.07) is -1.24. The Kier molecular flexibility index (Phi) is 7.21. The summed E-state index contributed by atoms with van der Waals surface area (Å²) in [5.74, 6) is -0.186. The Hall–Kier alpha value is -2.50. The molecule has 32 heavy (non-hydrogen) atoms. The molecule has 4 N–H and O–H groups in total. The summed E-state index contributed by atoms with van der Waals surface area (Å²) in [5.41, 5.74) is -3.67. The zero-order valence-corrected chi connectivity index (χ0v) is 17.0. The van der Waals surface area contributed by atoms with Gasteiger partial charge in [0.15, 0.2) is 0 Å². The Labute approximate surface area is 180 Å². The van der Waals surface area contributed by atoms with Crippen molar-refractivity contribution in [3.63, 3.8) is 0 Å². The molecule has 0 bridgehead atoms. The van der Waals surface area contributed by atoms with Crippen LogP contribution in [-0.2, 0) is 17.1 Å². The maximum absolute atomic E-state index is 13.0. The largest absolute Gasteiger partial charge is 0.416 e. The van der Waals surface area contributed by atoms with Gasteiger partial charge in [-0.2, -0.15) is 26.3 Å². The summed E-state index contributed by atoms with van der Waals surface area (Å²) in [6.07, 6.45) is -5.73. The molecule has 0 unspecified atom stereocenters. The highest BCUT2D eigenvalue weighted by Crippen LogP contribution is 2.37. The number of alkyl halides is 6. The molecule has 2 aliphatic rings. The van der Waals surface area contributed by atoms with Gasteiger partial charge in [0, 0.05) is 11.7 Å². The van der Waals surface area contributed by atoms with Crippen LogP contribution < -0.4 is 21.3 Å². The number of nitrogens with one attached hydrogen (secondary N) is 4. The molecular formula is C20H24F6N4O2. The molecule has 2 fully saturated rings. The zero-order chi connectivity index (χ0) is 23.5. The van der Waals surface area contributed by atoms with Crippen molar-refractivity contribution < 1.29 is 35.9 Å². The van der Waals surface area contributed by atoms with Crippen molar-refractivity contribution in [2.75, 3.05) is 11.9 Å². The topological polar surface area (TPSA) is 82.3 Å². The first-order valence-electron chi connectivity index (χ1n) is 10.3. The van der Waals surface area contributed by atoms with Crippen molar-refractivity contribution >= 4 is 17.6 Å². The van der Waals surface area contributed by atoms with Crippen molar-refractivity contribution in [1.82, 2.24) is 16.0 Å². The second-order valence-corrected chi connectivity index (χ2v) is 8.05. The Morgan fingerprint density at radius 1 is 0.812 bits per heavy atom. The van der Waals surface area contributed by atoms with Crippen LogP contribution in [-0.4, -0.2) is 36.6 Å². The highest BCUT2D eigenvalue weighted by atomic mass is 19.4. The van der Waals surface area contributed by atoms with Crippen LogP contribution >= 0.6 is 0 Å². The third-order valence-corrected chi connectivity index (χ3v) is 5.63. The van der Waals surface area contributed by atoms with Gasteiger partial charge >= 0.3 is 18.4 Å². The third-order valence-electron chi connectivity index (χ3n) is 5.63. The fourth-order valence-corrected chi connectivity index (χ4v) is 4.03. The van der Waals surface area contributed by atoms with Gasteiger partial charge in [-0.25, -0.2) is 4.79 Å². The van der Waals surface area contributed by atoms with E-state index in [4.69, 9.17) is 0 Å². The summed E-state index contributed by atoms with van der Waals surface area (Å²) in [7, 11) is 0.